The number of para-hydroxylation sites is 1. The summed E-state index contributed by atoms with van der Waals surface area (Å²) in [5.74, 6) is 0.166. The van der Waals surface area contributed by atoms with E-state index < -0.39 is 33.2 Å². The van der Waals surface area contributed by atoms with E-state index in [0.717, 1.165) is 0 Å². The fraction of sp³-hybridized carbons (Fsp3) is 0.318. The van der Waals surface area contributed by atoms with Crippen LogP contribution in [0.3, 0.4) is 0 Å². The molecule has 0 spiro atoms. The number of nitro groups is 1. The van der Waals surface area contributed by atoms with Crippen LogP contribution in [0.2, 0.25) is 0 Å². The van der Waals surface area contributed by atoms with Crippen LogP contribution in [0.25, 0.3) is 0 Å². The minimum absolute atomic E-state index is 0.0582. The van der Waals surface area contributed by atoms with E-state index in [-0.39, 0.29) is 22.8 Å². The molecule has 11 heteroatoms. The summed E-state index contributed by atoms with van der Waals surface area (Å²) in [6.07, 6.45) is -1.19. The maximum Gasteiger partial charge on any atom is 0.409 e. The van der Waals surface area contributed by atoms with Gasteiger partial charge in [-0.15, -0.1) is 0 Å². The molecule has 0 aromatic heterocycles. The van der Waals surface area contributed by atoms with Crippen LogP contribution in [0.5, 0.6) is 5.75 Å². The lowest BCUT2D eigenvalue weighted by Gasteiger charge is -2.24. The zero-order valence-corrected chi connectivity index (χ0v) is 19.7. The molecule has 0 aliphatic rings. The molecule has 33 heavy (non-hydrogen) atoms. The van der Waals surface area contributed by atoms with Gasteiger partial charge in [0.15, 0.2) is 0 Å². The van der Waals surface area contributed by atoms with Crippen molar-refractivity contribution in [2.24, 2.45) is 0 Å². The van der Waals surface area contributed by atoms with Gasteiger partial charge >= 0.3 is 6.09 Å². The minimum atomic E-state index is -4.05. The quantitative estimate of drug-likeness (QED) is 0.314. The predicted molar refractivity (Wildman–Crippen MR) is 123 cm³/mol. The molecule has 0 saturated carbocycles. The first-order valence-electron chi connectivity index (χ1n) is 9.91. The molecule has 178 valence electrons. The first kappa shape index (κ1) is 25.8. The third-order valence-electron chi connectivity index (χ3n) is 4.85. The van der Waals surface area contributed by atoms with Gasteiger partial charge in [-0.3, -0.25) is 10.1 Å². The number of benzene rings is 2. The molecule has 2 rings (SSSR count). The van der Waals surface area contributed by atoms with E-state index >= 15 is 0 Å². The standard InChI is InChI=1S/C22H27N3O7S/c1-15(16(2)32-22(26)24(3)4)14-19(17-10-12-18(13-11-17)25(27)28)23-33(29,30)21-9-7-6-8-20(21)31-5/h6-13,16,19,23H,1,14H2,2-5H3/t16-,19+/m1/s1. The monoisotopic (exact) mass is 477 g/mol. The summed E-state index contributed by atoms with van der Waals surface area (Å²) < 4.78 is 39.4. The Balaban J connectivity index is 2.37. The largest absolute Gasteiger partial charge is 0.495 e. The first-order chi connectivity index (χ1) is 15.5. The Hall–Kier alpha value is -3.44. The van der Waals surface area contributed by atoms with E-state index in [2.05, 4.69) is 11.3 Å². The fourth-order valence-electron chi connectivity index (χ4n) is 2.92. The van der Waals surface area contributed by atoms with Gasteiger partial charge in [0.2, 0.25) is 10.0 Å². The second-order valence-corrected chi connectivity index (χ2v) is 9.14. The van der Waals surface area contributed by atoms with E-state index in [1.54, 1.807) is 33.2 Å². The normalized spacial score (nSPS) is 13.0. The summed E-state index contributed by atoms with van der Waals surface area (Å²) >= 11 is 0. The molecule has 0 aliphatic heterocycles. The number of hydrogen-bond acceptors (Lipinski definition) is 7. The van der Waals surface area contributed by atoms with Gasteiger partial charge in [0.1, 0.15) is 16.7 Å². The maximum absolute atomic E-state index is 13.2. The molecule has 2 aromatic carbocycles. The summed E-state index contributed by atoms with van der Waals surface area (Å²) in [7, 11) is 0.396. The lowest BCUT2D eigenvalue weighted by Crippen LogP contribution is -2.31. The van der Waals surface area contributed by atoms with Crippen LogP contribution in [0, 0.1) is 10.1 Å². The summed E-state index contributed by atoms with van der Waals surface area (Å²) in [6.45, 7) is 5.58. The Morgan fingerprint density at radius 3 is 2.33 bits per heavy atom. The second-order valence-electron chi connectivity index (χ2n) is 7.46. The van der Waals surface area contributed by atoms with Crippen molar-refractivity contribution in [3.05, 3.63) is 76.4 Å². The molecule has 0 fully saturated rings. The molecule has 2 aromatic rings. The van der Waals surface area contributed by atoms with Crippen LogP contribution >= 0.6 is 0 Å². The Bertz CT molecular complexity index is 1120. The topological polar surface area (TPSA) is 128 Å². The van der Waals surface area contributed by atoms with Gasteiger partial charge < -0.3 is 14.4 Å². The molecule has 0 saturated heterocycles. The molecule has 0 heterocycles. The van der Waals surface area contributed by atoms with Gasteiger partial charge in [0.25, 0.3) is 5.69 Å². The number of carbonyl (C=O) groups excluding carboxylic acids is 1. The van der Waals surface area contributed by atoms with Crippen molar-refractivity contribution < 1.29 is 27.6 Å². The smallest absolute Gasteiger partial charge is 0.409 e. The average Bonchev–Trinajstić information content (AvgIpc) is 2.78. The second kappa shape index (κ2) is 10.9. The lowest BCUT2D eigenvalue weighted by atomic mass is 9.98. The highest BCUT2D eigenvalue weighted by molar-refractivity contribution is 7.89. The summed E-state index contributed by atoms with van der Waals surface area (Å²) in [4.78, 5) is 23.5. The van der Waals surface area contributed by atoms with Gasteiger partial charge in [-0.25, -0.2) is 17.9 Å². The summed E-state index contributed by atoms with van der Waals surface area (Å²) in [5, 5.41) is 11.0. The molecule has 0 bridgehead atoms. The third kappa shape index (κ3) is 6.77. The van der Waals surface area contributed by atoms with Crippen molar-refractivity contribution in [2.75, 3.05) is 21.2 Å². The first-order valence-corrected chi connectivity index (χ1v) is 11.4. The molecule has 1 N–H and O–H groups in total. The molecule has 0 aliphatic carbocycles. The lowest BCUT2D eigenvalue weighted by molar-refractivity contribution is -0.384. The number of amides is 1. The Kier molecular flexibility index (Phi) is 8.55. The number of sulfonamides is 1. The summed E-state index contributed by atoms with van der Waals surface area (Å²) in [6, 6.07) is 10.8. The molecule has 1 amide bonds. The molecule has 10 nitrogen and oxygen atoms in total. The predicted octanol–water partition coefficient (Wildman–Crippen LogP) is 3.66. The van der Waals surface area contributed by atoms with E-state index in [1.807, 2.05) is 0 Å². The molecule has 0 radical (unpaired) electrons. The van der Waals surface area contributed by atoms with Crippen molar-refractivity contribution in [3.63, 3.8) is 0 Å². The highest BCUT2D eigenvalue weighted by atomic mass is 32.2. The van der Waals surface area contributed by atoms with Crippen molar-refractivity contribution in [1.29, 1.82) is 0 Å². The van der Waals surface area contributed by atoms with Crippen molar-refractivity contribution in [1.82, 2.24) is 9.62 Å². The average molecular weight is 478 g/mol. The number of ether oxygens (including phenoxy) is 2. The van der Waals surface area contributed by atoms with Gasteiger partial charge in [0.05, 0.1) is 18.1 Å². The molecular formula is C22H27N3O7S. The number of nitrogens with zero attached hydrogens (tertiary/aromatic N) is 2. The minimum Gasteiger partial charge on any atom is -0.495 e. The SMILES string of the molecule is C=C(C[C@H](NS(=O)(=O)c1ccccc1OC)c1ccc([N+](=O)[O-])cc1)[C@@H](C)OC(=O)N(C)C. The van der Waals surface area contributed by atoms with E-state index in [4.69, 9.17) is 9.47 Å². The van der Waals surface area contributed by atoms with Crippen LogP contribution in [-0.4, -0.2) is 51.6 Å². The van der Waals surface area contributed by atoms with Gasteiger partial charge in [0, 0.05) is 26.2 Å². The molecule has 0 unspecified atom stereocenters. The van der Waals surface area contributed by atoms with Crippen molar-refractivity contribution >= 4 is 21.8 Å². The Morgan fingerprint density at radius 2 is 1.79 bits per heavy atom. The van der Waals surface area contributed by atoms with Crippen molar-refractivity contribution in [2.45, 2.75) is 30.4 Å². The zero-order valence-electron chi connectivity index (χ0n) is 18.8. The maximum atomic E-state index is 13.2. The van der Waals surface area contributed by atoms with Gasteiger partial charge in [-0.1, -0.05) is 30.8 Å². The number of non-ortho nitro benzene ring substituents is 1. The molecular weight excluding hydrogens is 450 g/mol. The Labute approximate surface area is 193 Å². The number of nitro benzene ring substituents is 1. The number of rotatable bonds is 10. The number of methoxy groups -OCH3 is 1. The van der Waals surface area contributed by atoms with Gasteiger partial charge in [-0.2, -0.15) is 0 Å². The van der Waals surface area contributed by atoms with Crippen molar-refractivity contribution in [3.8, 4) is 5.75 Å². The Morgan fingerprint density at radius 1 is 1.18 bits per heavy atom. The fourth-order valence-corrected chi connectivity index (χ4v) is 4.31. The highest BCUT2D eigenvalue weighted by Crippen LogP contribution is 2.29. The van der Waals surface area contributed by atoms with E-state index in [1.165, 1.54) is 48.4 Å². The number of carbonyl (C=O) groups is 1. The van der Waals surface area contributed by atoms with Crippen LogP contribution in [-0.2, 0) is 14.8 Å². The highest BCUT2D eigenvalue weighted by Gasteiger charge is 2.27. The molecule has 2 atom stereocenters. The summed E-state index contributed by atoms with van der Waals surface area (Å²) in [5.41, 5.74) is 0.805. The van der Waals surface area contributed by atoms with Crippen LogP contribution < -0.4 is 9.46 Å². The third-order valence-corrected chi connectivity index (χ3v) is 6.36. The number of nitrogens with one attached hydrogen (secondary N) is 1. The van der Waals surface area contributed by atoms with Crippen LogP contribution in [0.15, 0.2) is 65.6 Å². The van der Waals surface area contributed by atoms with Crippen LogP contribution in [0.1, 0.15) is 24.9 Å². The van der Waals surface area contributed by atoms with Crippen LogP contribution in [0.4, 0.5) is 10.5 Å². The zero-order chi connectivity index (χ0) is 24.8. The number of hydrogen-bond donors (Lipinski definition) is 1. The van der Waals surface area contributed by atoms with E-state index in [0.29, 0.717) is 11.1 Å². The van der Waals surface area contributed by atoms with E-state index in [9.17, 15) is 23.3 Å². The van der Waals surface area contributed by atoms with Gasteiger partial charge in [-0.05, 0) is 36.6 Å².